The van der Waals surface area contributed by atoms with Crippen molar-refractivity contribution in [1.29, 1.82) is 0 Å². The lowest BCUT2D eigenvalue weighted by atomic mass is 9.81. The maximum atomic E-state index is 12.7. The summed E-state index contributed by atoms with van der Waals surface area (Å²) in [5.74, 6) is -20.8. The summed E-state index contributed by atoms with van der Waals surface area (Å²) >= 11 is 0. The predicted molar refractivity (Wildman–Crippen MR) is 126 cm³/mol. The van der Waals surface area contributed by atoms with Gasteiger partial charge in [0.05, 0.1) is 0 Å². The first-order valence-electron chi connectivity index (χ1n) is 11.4. The van der Waals surface area contributed by atoms with Gasteiger partial charge >= 0.3 is 47.2 Å². The zero-order valence-corrected chi connectivity index (χ0v) is 22.1. The SMILES string of the molecule is CC(=O)OOC1(OC(C)=O)C(OC(C)=O)(c2ccc(O)c(O)c2)Oc2cc(O)cc(O)c2C1(OC(C)=O)OC(C)=O. The number of hydrogen-bond donors (Lipinski definition) is 4. The number of carbonyl (C=O) groups is 5. The Kier molecular flexibility index (Phi) is 7.92. The number of aromatic hydroxyl groups is 4. The minimum atomic E-state index is -3.61. The molecule has 2 unspecified atom stereocenters. The van der Waals surface area contributed by atoms with Crippen LogP contribution in [-0.4, -0.2) is 56.1 Å². The van der Waals surface area contributed by atoms with Crippen LogP contribution in [0.25, 0.3) is 0 Å². The Hall–Kier alpha value is -5.25. The molecule has 41 heavy (non-hydrogen) atoms. The van der Waals surface area contributed by atoms with Crippen molar-refractivity contribution in [2.45, 2.75) is 52.0 Å². The number of phenolic OH excluding ortho intramolecular Hbond substituents is 4. The Labute approximate surface area is 230 Å². The van der Waals surface area contributed by atoms with Gasteiger partial charge in [0.2, 0.25) is 0 Å². The highest BCUT2D eigenvalue weighted by Gasteiger charge is 2.84. The molecular formula is C25H24O16. The Balaban J connectivity index is 2.74. The van der Waals surface area contributed by atoms with Gasteiger partial charge in [-0.2, -0.15) is 0 Å². The molecule has 0 aliphatic carbocycles. The van der Waals surface area contributed by atoms with Crippen LogP contribution < -0.4 is 4.74 Å². The summed E-state index contributed by atoms with van der Waals surface area (Å²) in [5.41, 5.74) is -1.45. The minimum Gasteiger partial charge on any atom is -0.508 e. The van der Waals surface area contributed by atoms with Gasteiger partial charge in [0.15, 0.2) is 11.5 Å². The summed E-state index contributed by atoms with van der Waals surface area (Å²) in [5, 5.41) is 41.4. The molecule has 4 N–H and O–H groups in total. The van der Waals surface area contributed by atoms with Crippen LogP contribution >= 0.6 is 0 Å². The van der Waals surface area contributed by atoms with Gasteiger partial charge in [0, 0.05) is 52.3 Å². The van der Waals surface area contributed by atoms with Crippen molar-refractivity contribution < 1.29 is 77.9 Å². The van der Waals surface area contributed by atoms with E-state index in [4.69, 9.17) is 28.6 Å². The summed E-state index contributed by atoms with van der Waals surface area (Å²) in [6, 6.07) is 3.98. The van der Waals surface area contributed by atoms with E-state index < -0.39 is 87.1 Å². The molecule has 2 aromatic carbocycles. The van der Waals surface area contributed by atoms with E-state index in [2.05, 4.69) is 4.89 Å². The van der Waals surface area contributed by atoms with Gasteiger partial charge in [-0.1, -0.05) is 0 Å². The van der Waals surface area contributed by atoms with E-state index in [0.717, 1.165) is 52.8 Å². The zero-order chi connectivity index (χ0) is 30.9. The number of phenols is 4. The van der Waals surface area contributed by atoms with Crippen molar-refractivity contribution in [2.24, 2.45) is 0 Å². The lowest BCUT2D eigenvalue weighted by molar-refractivity contribution is -0.536. The predicted octanol–water partition coefficient (Wildman–Crippen LogP) is 1.35. The first-order chi connectivity index (χ1) is 19.0. The first-order valence-corrected chi connectivity index (χ1v) is 11.4. The molecule has 0 amide bonds. The highest BCUT2D eigenvalue weighted by Crippen LogP contribution is 2.62. The van der Waals surface area contributed by atoms with Crippen LogP contribution in [0.1, 0.15) is 45.7 Å². The van der Waals surface area contributed by atoms with Gasteiger partial charge < -0.3 is 44.1 Å². The molecule has 0 saturated heterocycles. The molecule has 1 aliphatic heterocycles. The third kappa shape index (κ3) is 5.19. The molecule has 1 heterocycles. The monoisotopic (exact) mass is 580 g/mol. The summed E-state index contributed by atoms with van der Waals surface area (Å²) in [7, 11) is 0. The van der Waals surface area contributed by atoms with E-state index >= 15 is 0 Å². The number of rotatable bonds is 7. The Morgan fingerprint density at radius 3 is 1.71 bits per heavy atom. The third-order valence-corrected chi connectivity index (χ3v) is 5.30. The summed E-state index contributed by atoms with van der Waals surface area (Å²) in [6.45, 7) is 3.99. The van der Waals surface area contributed by atoms with Gasteiger partial charge in [-0.15, -0.1) is 4.89 Å². The molecular weight excluding hydrogens is 556 g/mol. The van der Waals surface area contributed by atoms with Gasteiger partial charge in [-0.05, 0) is 18.2 Å². The second-order valence-electron chi connectivity index (χ2n) is 8.53. The Morgan fingerprint density at radius 1 is 0.659 bits per heavy atom. The number of ether oxygens (including phenoxy) is 5. The van der Waals surface area contributed by atoms with Crippen LogP contribution in [0.3, 0.4) is 0 Å². The lowest BCUT2D eigenvalue weighted by Crippen LogP contribution is -2.75. The molecule has 0 spiro atoms. The fourth-order valence-electron chi connectivity index (χ4n) is 4.17. The van der Waals surface area contributed by atoms with Crippen LogP contribution in [0.5, 0.6) is 28.7 Å². The van der Waals surface area contributed by atoms with E-state index in [-0.39, 0.29) is 0 Å². The number of carbonyl (C=O) groups excluding carboxylic acids is 5. The average Bonchev–Trinajstić information content (AvgIpc) is 2.80. The van der Waals surface area contributed by atoms with Crippen LogP contribution in [0.15, 0.2) is 30.3 Å². The van der Waals surface area contributed by atoms with Crippen LogP contribution in [0.4, 0.5) is 0 Å². The smallest absolute Gasteiger partial charge is 0.418 e. The molecule has 0 radical (unpaired) electrons. The van der Waals surface area contributed by atoms with E-state index in [1.165, 1.54) is 0 Å². The molecule has 16 heteroatoms. The number of fused-ring (bicyclic) bond motifs is 1. The summed E-state index contributed by atoms with van der Waals surface area (Å²) in [6.07, 6.45) is 0. The molecule has 0 saturated carbocycles. The highest BCUT2D eigenvalue weighted by molar-refractivity contribution is 5.74. The molecule has 2 aromatic rings. The van der Waals surface area contributed by atoms with Crippen molar-refractivity contribution >= 4 is 29.8 Å². The second-order valence-corrected chi connectivity index (χ2v) is 8.53. The molecule has 16 nitrogen and oxygen atoms in total. The van der Waals surface area contributed by atoms with Crippen LogP contribution in [0, 0.1) is 0 Å². The van der Waals surface area contributed by atoms with Gasteiger partial charge in [-0.25, -0.2) is 4.79 Å². The summed E-state index contributed by atoms with van der Waals surface area (Å²) in [4.78, 5) is 72.5. The number of hydrogen-bond acceptors (Lipinski definition) is 16. The van der Waals surface area contributed by atoms with Gasteiger partial charge in [-0.3, -0.25) is 24.1 Å². The van der Waals surface area contributed by atoms with Crippen molar-refractivity contribution in [3.63, 3.8) is 0 Å². The van der Waals surface area contributed by atoms with Crippen molar-refractivity contribution in [1.82, 2.24) is 0 Å². The first kappa shape index (κ1) is 30.3. The number of esters is 4. The maximum absolute atomic E-state index is 12.7. The highest BCUT2D eigenvalue weighted by atomic mass is 17.2. The van der Waals surface area contributed by atoms with Crippen LogP contribution in [-0.2, 0) is 64.3 Å². The normalized spacial score (nSPS) is 20.4. The van der Waals surface area contributed by atoms with Gasteiger partial charge in [0.25, 0.3) is 0 Å². The number of benzene rings is 2. The zero-order valence-electron chi connectivity index (χ0n) is 22.1. The topological polar surface area (TPSA) is 231 Å². The van der Waals surface area contributed by atoms with E-state index in [1.54, 1.807) is 0 Å². The molecule has 3 rings (SSSR count). The molecule has 1 aliphatic rings. The maximum Gasteiger partial charge on any atom is 0.418 e. The quantitative estimate of drug-likeness (QED) is 0.0904. The lowest BCUT2D eigenvalue weighted by Gasteiger charge is -2.54. The Bertz CT molecular complexity index is 1410. The van der Waals surface area contributed by atoms with E-state index in [9.17, 15) is 44.4 Å². The average molecular weight is 580 g/mol. The van der Waals surface area contributed by atoms with Gasteiger partial charge in [0.1, 0.15) is 22.8 Å². The molecule has 0 bridgehead atoms. The van der Waals surface area contributed by atoms with Crippen LogP contribution in [0.2, 0.25) is 0 Å². The second kappa shape index (κ2) is 10.7. The van der Waals surface area contributed by atoms with Crippen molar-refractivity contribution in [3.8, 4) is 28.7 Å². The van der Waals surface area contributed by atoms with E-state index in [1.807, 2.05) is 0 Å². The van der Waals surface area contributed by atoms with Crippen molar-refractivity contribution in [3.05, 3.63) is 41.5 Å². The standard InChI is InChI=1S/C25H24O16/c1-11(26)35-23(16-6-7-18(32)19(33)8-16)25(38-14(4)29,41-40-15(5)30)24(36-12(2)27,37-13(3)28)22-20(34)9-17(31)10-21(22)39-23/h6-10,31-34H,1-5H3. The molecule has 0 fully saturated rings. The minimum absolute atomic E-state index is 0.589. The molecule has 220 valence electrons. The fraction of sp³-hybridized carbons (Fsp3) is 0.320. The molecule has 0 aromatic heterocycles. The largest absolute Gasteiger partial charge is 0.508 e. The van der Waals surface area contributed by atoms with E-state index in [0.29, 0.717) is 12.1 Å². The van der Waals surface area contributed by atoms with Crippen molar-refractivity contribution in [2.75, 3.05) is 0 Å². The fourth-order valence-corrected chi connectivity index (χ4v) is 4.17. The summed E-state index contributed by atoms with van der Waals surface area (Å²) < 4.78 is 27.6. The Morgan fingerprint density at radius 2 is 1.22 bits per heavy atom. The third-order valence-electron chi connectivity index (χ3n) is 5.30. The molecule has 2 atom stereocenters.